The fourth-order valence-corrected chi connectivity index (χ4v) is 6.05. The minimum Gasteiger partial charge on any atom is -0.387 e. The quantitative estimate of drug-likeness (QED) is 0.0269. The molecule has 3 N–H and O–H groups in total. The van der Waals surface area contributed by atoms with Crippen LogP contribution in [-0.2, 0) is 18.4 Å². The molecule has 1 amide bonds. The number of likely N-dealkylation sites (N-methyl/N-ethyl adjacent to an activating group) is 1. The third-order valence-electron chi connectivity index (χ3n) is 8.49. The van der Waals surface area contributed by atoms with E-state index >= 15 is 0 Å². The van der Waals surface area contributed by atoms with Gasteiger partial charge in [0.05, 0.1) is 39.9 Å². The minimum atomic E-state index is -4.30. The number of phosphoric ester groups is 1. The van der Waals surface area contributed by atoms with Crippen LogP contribution >= 0.6 is 7.82 Å². The highest BCUT2D eigenvalue weighted by molar-refractivity contribution is 7.47. The van der Waals surface area contributed by atoms with E-state index in [0.29, 0.717) is 11.0 Å². The van der Waals surface area contributed by atoms with E-state index < -0.39 is 20.0 Å². The average molecular weight is 688 g/mol. The summed E-state index contributed by atoms with van der Waals surface area (Å²) in [6.45, 7) is 4.23. The molecule has 278 valence electrons. The molecule has 8 nitrogen and oxygen atoms in total. The molecule has 0 heterocycles. The highest BCUT2D eigenvalue weighted by Gasteiger charge is 2.27. The minimum absolute atomic E-state index is 0.0544. The third kappa shape index (κ3) is 33.3. The van der Waals surface area contributed by atoms with Crippen molar-refractivity contribution in [3.05, 3.63) is 24.3 Å². The largest absolute Gasteiger partial charge is 0.472 e. The highest BCUT2D eigenvalue weighted by atomic mass is 31.2. The molecule has 0 bridgehead atoms. The number of hydrogen-bond acceptors (Lipinski definition) is 5. The fraction of sp³-hybridized carbons (Fsp3) is 0.868. The molecule has 0 aromatic heterocycles. The van der Waals surface area contributed by atoms with Gasteiger partial charge in [0.15, 0.2) is 0 Å². The van der Waals surface area contributed by atoms with Crippen LogP contribution in [0.5, 0.6) is 0 Å². The van der Waals surface area contributed by atoms with Crippen LogP contribution in [0.1, 0.15) is 162 Å². The fourth-order valence-electron chi connectivity index (χ4n) is 5.31. The number of rotatable bonds is 34. The summed E-state index contributed by atoms with van der Waals surface area (Å²) in [5.74, 6) is -0.275. The first-order valence-electron chi connectivity index (χ1n) is 19.2. The zero-order valence-corrected chi connectivity index (χ0v) is 32.2. The van der Waals surface area contributed by atoms with Gasteiger partial charge in [-0.15, -0.1) is 0 Å². The molecule has 9 heteroatoms. The van der Waals surface area contributed by atoms with E-state index in [1.807, 2.05) is 27.2 Å². The number of quaternary nitrogens is 1. The molecule has 0 aliphatic heterocycles. The first-order chi connectivity index (χ1) is 22.5. The van der Waals surface area contributed by atoms with Crippen LogP contribution in [0.25, 0.3) is 0 Å². The Kier molecular flexibility index (Phi) is 30.3. The van der Waals surface area contributed by atoms with Gasteiger partial charge in [-0.25, -0.2) is 4.57 Å². The Labute approximate surface area is 290 Å². The van der Waals surface area contributed by atoms with Gasteiger partial charge in [0.1, 0.15) is 13.2 Å². The van der Waals surface area contributed by atoms with E-state index in [-0.39, 0.29) is 25.5 Å². The molecular formula is C38H76N2O6P+. The summed E-state index contributed by atoms with van der Waals surface area (Å²) in [6.07, 6.45) is 36.3. The van der Waals surface area contributed by atoms with Crippen LogP contribution in [0.15, 0.2) is 24.3 Å². The summed E-state index contributed by atoms with van der Waals surface area (Å²) < 4.78 is 23.0. The van der Waals surface area contributed by atoms with Gasteiger partial charge in [-0.3, -0.25) is 13.8 Å². The summed E-state index contributed by atoms with van der Waals surface area (Å²) in [5.41, 5.74) is 0. The number of nitrogens with zero attached hydrogens (tertiary/aromatic N) is 1. The lowest BCUT2D eigenvalue weighted by atomic mass is 10.0. The number of nitrogens with one attached hydrogen (secondary N) is 1. The standard InChI is InChI=1S/C38H75N2O6P/c1-6-8-9-10-11-12-13-14-15-16-17-18-19-20-21-22-23-24-25-26-27-28-29-30-31-32-37(41)36(39-38(42)7-2)35-46-47(43,44)45-34-33-40(3,4)5/h27-28,31-32,36-37,41H,6-26,29-30,33-35H2,1-5H3,(H-,39,42,43,44)/p+1/b28-27+,32-31+. The molecule has 0 saturated heterocycles. The Balaban J connectivity index is 3.87. The number of carbonyl (C=O) groups is 1. The van der Waals surface area contributed by atoms with Gasteiger partial charge in [0.2, 0.25) is 5.91 Å². The second-order valence-corrected chi connectivity index (χ2v) is 15.7. The zero-order chi connectivity index (χ0) is 35.1. The molecule has 3 atom stereocenters. The number of amides is 1. The van der Waals surface area contributed by atoms with E-state index in [9.17, 15) is 19.4 Å². The Morgan fingerprint density at radius 1 is 0.702 bits per heavy atom. The second-order valence-electron chi connectivity index (χ2n) is 14.3. The van der Waals surface area contributed by atoms with Crippen molar-refractivity contribution in [1.29, 1.82) is 0 Å². The summed E-state index contributed by atoms with van der Waals surface area (Å²) in [7, 11) is 1.55. The van der Waals surface area contributed by atoms with E-state index in [4.69, 9.17) is 9.05 Å². The van der Waals surface area contributed by atoms with E-state index in [0.717, 1.165) is 19.3 Å². The lowest BCUT2D eigenvalue weighted by Gasteiger charge is -2.25. The molecule has 0 aliphatic rings. The summed E-state index contributed by atoms with van der Waals surface area (Å²) in [4.78, 5) is 21.9. The summed E-state index contributed by atoms with van der Waals surface area (Å²) >= 11 is 0. The van der Waals surface area contributed by atoms with Crippen molar-refractivity contribution in [1.82, 2.24) is 5.32 Å². The van der Waals surface area contributed by atoms with E-state index in [1.165, 1.54) is 122 Å². The monoisotopic (exact) mass is 688 g/mol. The van der Waals surface area contributed by atoms with Crippen LogP contribution in [0, 0.1) is 0 Å². The van der Waals surface area contributed by atoms with Crippen molar-refractivity contribution in [3.63, 3.8) is 0 Å². The first kappa shape index (κ1) is 46.0. The average Bonchev–Trinajstić information content (AvgIpc) is 3.02. The van der Waals surface area contributed by atoms with Gasteiger partial charge in [0, 0.05) is 6.42 Å². The first-order valence-corrected chi connectivity index (χ1v) is 20.7. The maximum atomic E-state index is 12.2. The smallest absolute Gasteiger partial charge is 0.387 e. The Morgan fingerprint density at radius 3 is 1.62 bits per heavy atom. The number of hydrogen-bond donors (Lipinski definition) is 3. The number of aliphatic hydroxyl groups excluding tert-OH is 1. The van der Waals surface area contributed by atoms with Crippen molar-refractivity contribution >= 4 is 13.7 Å². The van der Waals surface area contributed by atoms with Crippen LogP contribution in [0.3, 0.4) is 0 Å². The van der Waals surface area contributed by atoms with Crippen LogP contribution in [-0.4, -0.2) is 73.4 Å². The molecule has 0 aliphatic carbocycles. The second kappa shape index (κ2) is 31.0. The lowest BCUT2D eigenvalue weighted by molar-refractivity contribution is -0.870. The number of aliphatic hydroxyl groups is 1. The van der Waals surface area contributed by atoms with Crippen molar-refractivity contribution in [2.75, 3.05) is 40.9 Å². The number of unbranched alkanes of at least 4 members (excludes halogenated alkanes) is 20. The van der Waals surface area contributed by atoms with E-state index in [2.05, 4.69) is 24.4 Å². The number of carbonyl (C=O) groups excluding carboxylic acids is 1. The van der Waals surface area contributed by atoms with Gasteiger partial charge in [0.25, 0.3) is 0 Å². The molecule has 47 heavy (non-hydrogen) atoms. The third-order valence-corrected chi connectivity index (χ3v) is 9.47. The highest BCUT2D eigenvalue weighted by Crippen LogP contribution is 2.43. The van der Waals surface area contributed by atoms with Gasteiger partial charge >= 0.3 is 7.82 Å². The van der Waals surface area contributed by atoms with Gasteiger partial charge in [-0.05, 0) is 25.7 Å². The molecule has 0 fully saturated rings. The molecule has 0 aromatic carbocycles. The van der Waals surface area contributed by atoms with Crippen LogP contribution < -0.4 is 5.32 Å². The molecule has 0 rings (SSSR count). The molecule has 0 aromatic rings. The Morgan fingerprint density at radius 2 is 1.15 bits per heavy atom. The molecule has 3 unspecified atom stereocenters. The summed E-state index contributed by atoms with van der Waals surface area (Å²) in [5, 5.41) is 13.3. The SMILES string of the molecule is CCCCCCCCCCCCCCCCCCCCC/C=C/CC/C=C/C(O)C(COP(=O)(O)OCC[N+](C)(C)C)NC(=O)CC. The van der Waals surface area contributed by atoms with Crippen molar-refractivity contribution in [2.45, 2.75) is 174 Å². The van der Waals surface area contributed by atoms with Gasteiger partial charge in [-0.2, -0.15) is 0 Å². The predicted molar refractivity (Wildman–Crippen MR) is 198 cm³/mol. The van der Waals surface area contributed by atoms with Crippen molar-refractivity contribution in [3.8, 4) is 0 Å². The van der Waals surface area contributed by atoms with E-state index in [1.54, 1.807) is 13.0 Å². The zero-order valence-electron chi connectivity index (χ0n) is 31.3. The summed E-state index contributed by atoms with van der Waals surface area (Å²) in [6, 6.07) is -0.855. The molecule has 0 saturated carbocycles. The molecular weight excluding hydrogens is 611 g/mol. The maximum Gasteiger partial charge on any atom is 0.472 e. The predicted octanol–water partition coefficient (Wildman–Crippen LogP) is 9.80. The van der Waals surface area contributed by atoms with Crippen molar-refractivity contribution in [2.24, 2.45) is 0 Å². The van der Waals surface area contributed by atoms with Gasteiger partial charge in [-0.1, -0.05) is 154 Å². The normalized spacial score (nSPS) is 15.0. The molecule has 0 radical (unpaired) electrons. The number of phosphoric acid groups is 1. The topological polar surface area (TPSA) is 105 Å². The lowest BCUT2D eigenvalue weighted by Crippen LogP contribution is -2.45. The Bertz CT molecular complexity index is 829. The van der Waals surface area contributed by atoms with Crippen molar-refractivity contribution < 1.29 is 32.9 Å². The number of allylic oxidation sites excluding steroid dienone is 3. The Hall–Kier alpha value is -1.02. The maximum absolute atomic E-state index is 12.2. The van der Waals surface area contributed by atoms with Crippen LogP contribution in [0.4, 0.5) is 0 Å². The van der Waals surface area contributed by atoms with Gasteiger partial charge < -0.3 is 19.8 Å². The molecule has 0 spiro atoms. The van der Waals surface area contributed by atoms with Crippen LogP contribution in [0.2, 0.25) is 0 Å².